The van der Waals surface area contributed by atoms with Gasteiger partial charge in [0.05, 0.1) is 24.5 Å². The van der Waals surface area contributed by atoms with E-state index in [-0.39, 0.29) is 12.5 Å². The van der Waals surface area contributed by atoms with Crippen LogP contribution in [0.4, 0.5) is 0 Å². The largest absolute Gasteiger partial charge is 0.467 e. The maximum Gasteiger partial charge on any atom is 0.347 e. The monoisotopic (exact) mass is 423 g/mol. The molecule has 0 bridgehead atoms. The molecule has 0 aliphatic carbocycles. The fraction of sp³-hybridized carbons (Fsp3) is 0.348. The third-order valence-corrected chi connectivity index (χ3v) is 5.14. The quantitative estimate of drug-likeness (QED) is 0.302. The maximum atomic E-state index is 13.2. The zero-order chi connectivity index (χ0) is 21.8. The second-order valence-corrected chi connectivity index (χ2v) is 7.40. The summed E-state index contributed by atoms with van der Waals surface area (Å²) in [6, 6.07) is 9.22. The highest BCUT2D eigenvalue weighted by molar-refractivity contribution is 6.02. The van der Waals surface area contributed by atoms with Crippen molar-refractivity contribution in [1.82, 2.24) is 14.7 Å². The van der Waals surface area contributed by atoms with E-state index in [1.54, 1.807) is 28.0 Å². The minimum absolute atomic E-state index is 0.00530. The van der Waals surface area contributed by atoms with E-state index in [1.165, 1.54) is 6.20 Å². The Hall–Kier alpha value is -3.39. The SMILES string of the molecule is CCOCCCN(Cc1ccco1)C(=O)Cn1ncc2c(=O)oc3ccc(C)cc3c21. The molecule has 4 aromatic rings. The van der Waals surface area contributed by atoms with E-state index in [9.17, 15) is 9.59 Å². The minimum Gasteiger partial charge on any atom is -0.467 e. The fourth-order valence-electron chi connectivity index (χ4n) is 3.62. The predicted molar refractivity (Wildman–Crippen MR) is 116 cm³/mol. The van der Waals surface area contributed by atoms with Gasteiger partial charge in [-0.1, -0.05) is 11.6 Å². The number of amides is 1. The van der Waals surface area contributed by atoms with E-state index >= 15 is 0 Å². The average molecular weight is 423 g/mol. The number of carbonyl (C=O) groups excluding carboxylic acids is 1. The van der Waals surface area contributed by atoms with Gasteiger partial charge < -0.3 is 18.5 Å². The molecule has 31 heavy (non-hydrogen) atoms. The van der Waals surface area contributed by atoms with E-state index < -0.39 is 5.63 Å². The highest BCUT2D eigenvalue weighted by Gasteiger charge is 2.20. The normalized spacial score (nSPS) is 11.4. The molecule has 0 saturated carbocycles. The molecular weight excluding hydrogens is 398 g/mol. The lowest BCUT2D eigenvalue weighted by Crippen LogP contribution is -2.35. The lowest BCUT2D eigenvalue weighted by atomic mass is 10.1. The molecule has 0 saturated heterocycles. The van der Waals surface area contributed by atoms with Gasteiger partial charge in [-0.3, -0.25) is 9.48 Å². The summed E-state index contributed by atoms with van der Waals surface area (Å²) in [5, 5.41) is 5.45. The number of aromatic nitrogens is 2. The van der Waals surface area contributed by atoms with Crippen LogP contribution in [0.3, 0.4) is 0 Å². The molecule has 8 heteroatoms. The van der Waals surface area contributed by atoms with E-state index in [2.05, 4.69) is 5.10 Å². The summed E-state index contributed by atoms with van der Waals surface area (Å²) in [4.78, 5) is 27.3. The highest BCUT2D eigenvalue weighted by Crippen LogP contribution is 2.24. The van der Waals surface area contributed by atoms with E-state index in [0.717, 1.165) is 10.9 Å². The summed E-state index contributed by atoms with van der Waals surface area (Å²) in [6.07, 6.45) is 3.76. The van der Waals surface area contributed by atoms with Crippen LogP contribution < -0.4 is 5.63 Å². The fourth-order valence-corrected chi connectivity index (χ4v) is 3.62. The van der Waals surface area contributed by atoms with Gasteiger partial charge in [0.2, 0.25) is 5.91 Å². The number of benzene rings is 1. The Morgan fingerprint density at radius 2 is 2.13 bits per heavy atom. The van der Waals surface area contributed by atoms with Crippen LogP contribution >= 0.6 is 0 Å². The van der Waals surface area contributed by atoms with Gasteiger partial charge in [-0.05, 0) is 44.5 Å². The maximum absolute atomic E-state index is 13.2. The van der Waals surface area contributed by atoms with Crippen LogP contribution in [0.5, 0.6) is 0 Å². The third kappa shape index (κ3) is 4.54. The van der Waals surface area contributed by atoms with Crippen LogP contribution in [0.2, 0.25) is 0 Å². The van der Waals surface area contributed by atoms with Crippen LogP contribution in [0.1, 0.15) is 24.7 Å². The minimum atomic E-state index is -0.464. The molecule has 0 unspecified atom stereocenters. The number of hydrogen-bond donors (Lipinski definition) is 0. The van der Waals surface area contributed by atoms with Gasteiger partial charge in [0, 0.05) is 25.1 Å². The molecule has 3 heterocycles. The van der Waals surface area contributed by atoms with Crippen LogP contribution in [-0.4, -0.2) is 40.3 Å². The van der Waals surface area contributed by atoms with Crippen LogP contribution in [0.15, 0.2) is 56.4 Å². The van der Waals surface area contributed by atoms with Crippen molar-refractivity contribution in [2.24, 2.45) is 0 Å². The molecule has 162 valence electrons. The number of furan rings is 1. The summed E-state index contributed by atoms with van der Waals surface area (Å²) in [5.74, 6) is 0.587. The van der Waals surface area contributed by atoms with E-state index in [4.69, 9.17) is 13.6 Å². The van der Waals surface area contributed by atoms with Crippen molar-refractivity contribution in [3.05, 3.63) is 64.5 Å². The van der Waals surface area contributed by atoms with Crippen LogP contribution in [0, 0.1) is 6.92 Å². The number of hydrogen-bond acceptors (Lipinski definition) is 6. The first-order chi connectivity index (χ1) is 15.1. The average Bonchev–Trinajstić information content (AvgIpc) is 3.41. The highest BCUT2D eigenvalue weighted by atomic mass is 16.5. The number of aryl methyl sites for hydroxylation is 1. The second kappa shape index (κ2) is 9.18. The van der Waals surface area contributed by atoms with Gasteiger partial charge in [0.15, 0.2) is 0 Å². The lowest BCUT2D eigenvalue weighted by molar-refractivity contribution is -0.133. The zero-order valence-electron chi connectivity index (χ0n) is 17.7. The van der Waals surface area contributed by atoms with E-state index in [1.807, 2.05) is 32.0 Å². The summed E-state index contributed by atoms with van der Waals surface area (Å²) >= 11 is 0. The number of fused-ring (bicyclic) bond motifs is 3. The lowest BCUT2D eigenvalue weighted by Gasteiger charge is -2.22. The number of carbonyl (C=O) groups is 1. The predicted octanol–water partition coefficient (Wildman–Crippen LogP) is 3.50. The van der Waals surface area contributed by atoms with Gasteiger partial charge in [-0.25, -0.2) is 4.79 Å². The molecule has 1 aromatic carbocycles. The summed E-state index contributed by atoms with van der Waals surface area (Å²) in [6.45, 7) is 6.02. The van der Waals surface area contributed by atoms with Crippen molar-refractivity contribution in [2.75, 3.05) is 19.8 Å². The van der Waals surface area contributed by atoms with Gasteiger partial charge in [0.1, 0.15) is 23.3 Å². The zero-order valence-corrected chi connectivity index (χ0v) is 17.7. The summed E-state index contributed by atoms with van der Waals surface area (Å²) in [5.41, 5.74) is 1.64. The Morgan fingerprint density at radius 1 is 1.26 bits per heavy atom. The molecule has 0 N–H and O–H groups in total. The van der Waals surface area contributed by atoms with Crippen LogP contribution in [0.25, 0.3) is 21.9 Å². The molecule has 0 radical (unpaired) electrons. The Bertz CT molecular complexity index is 1240. The van der Waals surface area contributed by atoms with Crippen molar-refractivity contribution >= 4 is 27.8 Å². The van der Waals surface area contributed by atoms with Gasteiger partial charge in [-0.2, -0.15) is 5.10 Å². The first kappa shape index (κ1) is 20.9. The summed E-state index contributed by atoms with van der Waals surface area (Å²) in [7, 11) is 0. The van der Waals surface area contributed by atoms with Gasteiger partial charge in [-0.15, -0.1) is 0 Å². The van der Waals surface area contributed by atoms with Gasteiger partial charge >= 0.3 is 5.63 Å². The molecule has 8 nitrogen and oxygen atoms in total. The molecule has 4 rings (SSSR count). The second-order valence-electron chi connectivity index (χ2n) is 7.40. The first-order valence-electron chi connectivity index (χ1n) is 10.3. The van der Waals surface area contributed by atoms with Gasteiger partial charge in [0.25, 0.3) is 0 Å². The van der Waals surface area contributed by atoms with Crippen molar-refractivity contribution < 1.29 is 18.4 Å². The van der Waals surface area contributed by atoms with Crippen molar-refractivity contribution in [1.29, 1.82) is 0 Å². The Balaban J connectivity index is 1.64. The molecule has 3 aromatic heterocycles. The number of rotatable bonds is 9. The Labute approximate surface area is 179 Å². The first-order valence-corrected chi connectivity index (χ1v) is 10.3. The standard InChI is InChI=1S/C23H25N3O5/c1-3-29-10-5-9-25(14-17-6-4-11-30-17)21(27)15-26-22-18-12-16(2)7-8-20(18)31-23(28)19(22)13-24-26/h4,6-8,11-13H,3,5,9-10,14-15H2,1-2H3. The molecule has 0 spiro atoms. The molecule has 1 amide bonds. The topological polar surface area (TPSA) is 90.7 Å². The Kier molecular flexibility index (Phi) is 6.18. The molecular formula is C23H25N3O5. The molecule has 0 fully saturated rings. The summed E-state index contributed by atoms with van der Waals surface area (Å²) < 4.78 is 17.8. The molecule has 0 aliphatic heterocycles. The molecule has 0 aliphatic rings. The Morgan fingerprint density at radius 3 is 2.90 bits per heavy atom. The third-order valence-electron chi connectivity index (χ3n) is 5.14. The van der Waals surface area contributed by atoms with E-state index in [0.29, 0.717) is 55.0 Å². The smallest absolute Gasteiger partial charge is 0.347 e. The van der Waals surface area contributed by atoms with Crippen molar-refractivity contribution in [3.63, 3.8) is 0 Å². The van der Waals surface area contributed by atoms with Crippen molar-refractivity contribution in [3.8, 4) is 0 Å². The number of ether oxygens (including phenoxy) is 1. The number of nitrogens with zero attached hydrogens (tertiary/aromatic N) is 3. The van der Waals surface area contributed by atoms with Crippen LogP contribution in [-0.2, 0) is 22.6 Å². The van der Waals surface area contributed by atoms with Crippen molar-refractivity contribution in [2.45, 2.75) is 33.4 Å². The molecule has 0 atom stereocenters.